The summed E-state index contributed by atoms with van der Waals surface area (Å²) in [5.41, 5.74) is 5.48. The molecule has 13 heavy (non-hydrogen) atoms. The molecule has 4 heteroatoms. The number of hydrogen-bond donors (Lipinski definition) is 1. The van der Waals surface area contributed by atoms with E-state index in [-0.39, 0.29) is 0 Å². The molecule has 2 rings (SSSR count). The zero-order valence-electron chi connectivity index (χ0n) is 7.98. The highest BCUT2D eigenvalue weighted by Crippen LogP contribution is 2.33. The molecule has 1 fully saturated rings. The Morgan fingerprint density at radius 3 is 2.92 bits per heavy atom. The fraction of sp³-hybridized carbons (Fsp3) is 0.778. The molecule has 1 unspecified atom stereocenters. The summed E-state index contributed by atoms with van der Waals surface area (Å²) < 4.78 is 1.85. The molecule has 2 N–H and O–H groups in total. The lowest BCUT2D eigenvalue weighted by Crippen LogP contribution is -2.23. The van der Waals surface area contributed by atoms with Crippen LogP contribution in [0.4, 0.5) is 5.82 Å². The number of rotatable bonds is 3. The van der Waals surface area contributed by atoms with Gasteiger partial charge in [-0.1, -0.05) is 31.4 Å². The minimum atomic E-state index is 0.515. The Hall–Kier alpha value is -1.06. The van der Waals surface area contributed by atoms with Gasteiger partial charge in [0.25, 0.3) is 0 Å². The van der Waals surface area contributed by atoms with Crippen molar-refractivity contribution in [1.29, 1.82) is 0 Å². The quantitative estimate of drug-likeness (QED) is 0.762. The molecule has 4 nitrogen and oxygen atoms in total. The van der Waals surface area contributed by atoms with E-state index in [1.165, 1.54) is 19.3 Å². The summed E-state index contributed by atoms with van der Waals surface area (Å²) in [5, 5.41) is 7.70. The second-order valence-corrected chi connectivity index (χ2v) is 4.03. The van der Waals surface area contributed by atoms with Gasteiger partial charge >= 0.3 is 0 Å². The zero-order chi connectivity index (χ0) is 9.26. The number of nitrogens with zero attached hydrogens (tertiary/aromatic N) is 3. The van der Waals surface area contributed by atoms with E-state index in [1.807, 2.05) is 4.68 Å². The molecule has 0 amide bonds. The Bertz CT molecular complexity index is 277. The second-order valence-electron chi connectivity index (χ2n) is 4.03. The van der Waals surface area contributed by atoms with Crippen LogP contribution in [0.3, 0.4) is 0 Å². The summed E-state index contributed by atoms with van der Waals surface area (Å²) in [5.74, 6) is 2.11. The molecule has 0 bridgehead atoms. The summed E-state index contributed by atoms with van der Waals surface area (Å²) in [6.45, 7) is 3.23. The Morgan fingerprint density at radius 2 is 2.46 bits per heavy atom. The van der Waals surface area contributed by atoms with E-state index in [0.717, 1.165) is 12.5 Å². The van der Waals surface area contributed by atoms with Crippen LogP contribution in [0.15, 0.2) is 6.20 Å². The number of aromatic nitrogens is 3. The third kappa shape index (κ3) is 1.82. The predicted molar refractivity (Wildman–Crippen MR) is 50.9 cm³/mol. The molecule has 0 aromatic carbocycles. The highest BCUT2D eigenvalue weighted by molar-refractivity contribution is 5.19. The van der Waals surface area contributed by atoms with E-state index < -0.39 is 0 Å². The number of nitrogens with two attached hydrogens (primary N) is 1. The van der Waals surface area contributed by atoms with E-state index in [2.05, 4.69) is 17.2 Å². The van der Waals surface area contributed by atoms with Crippen LogP contribution in [0, 0.1) is 11.8 Å². The molecule has 1 aromatic rings. The Balaban J connectivity index is 1.89. The fourth-order valence-electron chi connectivity index (χ4n) is 1.86. The lowest BCUT2D eigenvalue weighted by molar-refractivity contribution is 0.195. The van der Waals surface area contributed by atoms with Crippen molar-refractivity contribution in [2.75, 3.05) is 5.73 Å². The minimum absolute atomic E-state index is 0.515. The first kappa shape index (κ1) is 8.53. The maximum atomic E-state index is 5.48. The van der Waals surface area contributed by atoms with Crippen LogP contribution in [0.25, 0.3) is 0 Å². The molecule has 1 aromatic heterocycles. The van der Waals surface area contributed by atoms with E-state index in [1.54, 1.807) is 6.20 Å². The standard InChI is InChI=1S/C9H16N4/c1-7(8-3-2-4-8)5-13-6-9(10)11-12-13/h6-8H,2-5,10H2,1H3. The molecule has 1 aliphatic rings. The molecule has 0 aliphatic heterocycles. The third-order valence-corrected chi connectivity index (χ3v) is 2.99. The van der Waals surface area contributed by atoms with E-state index in [0.29, 0.717) is 11.7 Å². The van der Waals surface area contributed by atoms with Crippen molar-refractivity contribution < 1.29 is 0 Å². The summed E-state index contributed by atoms with van der Waals surface area (Å²) >= 11 is 0. The van der Waals surface area contributed by atoms with Gasteiger partial charge in [0.05, 0.1) is 6.20 Å². The van der Waals surface area contributed by atoms with Crippen molar-refractivity contribution in [3.05, 3.63) is 6.20 Å². The van der Waals surface area contributed by atoms with Crippen LogP contribution in [0.2, 0.25) is 0 Å². The summed E-state index contributed by atoms with van der Waals surface area (Å²) in [7, 11) is 0. The van der Waals surface area contributed by atoms with E-state index in [9.17, 15) is 0 Å². The van der Waals surface area contributed by atoms with E-state index in [4.69, 9.17) is 5.73 Å². The van der Waals surface area contributed by atoms with Crippen LogP contribution >= 0.6 is 0 Å². The second kappa shape index (κ2) is 3.36. The SMILES string of the molecule is CC(Cn1cc(N)nn1)C1CCC1. The first-order valence-corrected chi connectivity index (χ1v) is 4.91. The van der Waals surface area contributed by atoms with Gasteiger partial charge in [0.1, 0.15) is 0 Å². The molecular weight excluding hydrogens is 164 g/mol. The van der Waals surface area contributed by atoms with Crippen LogP contribution in [0.5, 0.6) is 0 Å². The highest BCUT2D eigenvalue weighted by atomic mass is 15.4. The number of nitrogen functional groups attached to an aromatic ring is 1. The highest BCUT2D eigenvalue weighted by Gasteiger charge is 2.24. The van der Waals surface area contributed by atoms with Gasteiger partial charge in [0.2, 0.25) is 0 Å². The van der Waals surface area contributed by atoms with Crippen molar-refractivity contribution in [3.63, 3.8) is 0 Å². The van der Waals surface area contributed by atoms with Crippen molar-refractivity contribution in [2.24, 2.45) is 11.8 Å². The van der Waals surface area contributed by atoms with Crippen molar-refractivity contribution in [1.82, 2.24) is 15.0 Å². The largest absolute Gasteiger partial charge is 0.381 e. The predicted octanol–water partition coefficient (Wildman–Crippen LogP) is 1.30. The van der Waals surface area contributed by atoms with Crippen LogP contribution in [0.1, 0.15) is 26.2 Å². The molecule has 1 heterocycles. The normalized spacial score (nSPS) is 19.8. The summed E-state index contributed by atoms with van der Waals surface area (Å²) in [6, 6.07) is 0. The zero-order valence-corrected chi connectivity index (χ0v) is 7.98. The summed E-state index contributed by atoms with van der Waals surface area (Å²) in [4.78, 5) is 0. The molecule has 1 atom stereocenters. The monoisotopic (exact) mass is 180 g/mol. The molecular formula is C9H16N4. The molecule has 0 radical (unpaired) electrons. The smallest absolute Gasteiger partial charge is 0.165 e. The maximum absolute atomic E-state index is 5.48. The van der Waals surface area contributed by atoms with Gasteiger partial charge in [-0.15, -0.1) is 5.10 Å². The fourth-order valence-corrected chi connectivity index (χ4v) is 1.86. The van der Waals surface area contributed by atoms with Gasteiger partial charge in [-0.25, -0.2) is 0 Å². The minimum Gasteiger partial charge on any atom is -0.381 e. The Kier molecular flexibility index (Phi) is 2.20. The number of anilines is 1. The lowest BCUT2D eigenvalue weighted by Gasteiger charge is -2.31. The van der Waals surface area contributed by atoms with E-state index >= 15 is 0 Å². The molecule has 1 aliphatic carbocycles. The molecule has 72 valence electrons. The van der Waals surface area contributed by atoms with Crippen LogP contribution in [-0.2, 0) is 6.54 Å². The van der Waals surface area contributed by atoms with Crippen molar-refractivity contribution >= 4 is 5.82 Å². The summed E-state index contributed by atoms with van der Waals surface area (Å²) in [6.07, 6.45) is 5.96. The Labute approximate surface area is 78.1 Å². The van der Waals surface area contributed by atoms with Crippen LogP contribution in [-0.4, -0.2) is 15.0 Å². The first-order valence-electron chi connectivity index (χ1n) is 4.91. The van der Waals surface area contributed by atoms with Gasteiger partial charge < -0.3 is 5.73 Å². The van der Waals surface area contributed by atoms with Crippen LogP contribution < -0.4 is 5.73 Å². The van der Waals surface area contributed by atoms with Gasteiger partial charge in [-0.05, 0) is 11.8 Å². The van der Waals surface area contributed by atoms with Gasteiger partial charge in [0, 0.05) is 6.54 Å². The maximum Gasteiger partial charge on any atom is 0.165 e. The Morgan fingerprint density at radius 1 is 1.69 bits per heavy atom. The van der Waals surface area contributed by atoms with Gasteiger partial charge in [0.15, 0.2) is 5.82 Å². The molecule has 0 saturated heterocycles. The molecule has 1 saturated carbocycles. The molecule has 0 spiro atoms. The lowest BCUT2D eigenvalue weighted by atomic mass is 9.77. The average Bonchev–Trinajstić information content (AvgIpc) is 2.31. The topological polar surface area (TPSA) is 56.7 Å². The number of hydrogen-bond acceptors (Lipinski definition) is 3. The third-order valence-electron chi connectivity index (χ3n) is 2.99. The first-order chi connectivity index (χ1) is 6.25. The van der Waals surface area contributed by atoms with Crippen molar-refractivity contribution in [2.45, 2.75) is 32.7 Å². The van der Waals surface area contributed by atoms with Crippen molar-refractivity contribution in [3.8, 4) is 0 Å². The average molecular weight is 180 g/mol. The van der Waals surface area contributed by atoms with Gasteiger partial charge in [-0.3, -0.25) is 4.68 Å². The van der Waals surface area contributed by atoms with Gasteiger partial charge in [-0.2, -0.15) is 0 Å².